The minimum Gasteiger partial charge on any atom is -0.356 e. The Hall–Kier alpha value is -2.43. The average molecular weight is 326 g/mol. The van der Waals surface area contributed by atoms with Crippen molar-refractivity contribution in [3.8, 4) is 0 Å². The lowest BCUT2D eigenvalue weighted by Crippen LogP contribution is -2.24. The van der Waals surface area contributed by atoms with Crippen LogP contribution < -0.4 is 10.2 Å². The largest absolute Gasteiger partial charge is 0.356 e. The van der Waals surface area contributed by atoms with Gasteiger partial charge in [0.2, 0.25) is 0 Å². The maximum atomic E-state index is 12.5. The Bertz CT molecular complexity index is 691. The van der Waals surface area contributed by atoms with Crippen LogP contribution in [-0.2, 0) is 0 Å². The molecule has 24 heavy (non-hydrogen) atoms. The first kappa shape index (κ1) is 17.9. The second kappa shape index (κ2) is 7.90. The molecule has 5 heteroatoms. The highest BCUT2D eigenvalue weighted by Crippen LogP contribution is 2.27. The van der Waals surface area contributed by atoms with E-state index in [-0.39, 0.29) is 5.91 Å². The van der Waals surface area contributed by atoms with Gasteiger partial charge in [0, 0.05) is 18.8 Å². The number of hydrogen-bond acceptors (Lipinski definition) is 4. The van der Waals surface area contributed by atoms with Crippen molar-refractivity contribution in [2.45, 2.75) is 40.5 Å². The van der Waals surface area contributed by atoms with Gasteiger partial charge in [0.05, 0.1) is 0 Å². The molecule has 0 bridgehead atoms. The molecule has 1 aromatic heterocycles. The van der Waals surface area contributed by atoms with Crippen molar-refractivity contribution >= 4 is 17.4 Å². The van der Waals surface area contributed by atoms with E-state index in [1.165, 1.54) is 0 Å². The van der Waals surface area contributed by atoms with E-state index in [9.17, 15) is 4.79 Å². The van der Waals surface area contributed by atoms with Crippen molar-refractivity contribution in [3.63, 3.8) is 0 Å². The summed E-state index contributed by atoms with van der Waals surface area (Å²) < 4.78 is 0. The van der Waals surface area contributed by atoms with Gasteiger partial charge in [0.1, 0.15) is 0 Å². The Morgan fingerprint density at radius 3 is 2.38 bits per heavy atom. The van der Waals surface area contributed by atoms with Gasteiger partial charge in [0.25, 0.3) is 5.91 Å². The molecule has 0 saturated carbocycles. The number of rotatable bonds is 6. The first-order valence-electron chi connectivity index (χ1n) is 8.47. The van der Waals surface area contributed by atoms with Crippen LogP contribution in [0.2, 0.25) is 0 Å². The van der Waals surface area contributed by atoms with E-state index in [0.717, 1.165) is 35.7 Å². The summed E-state index contributed by atoms with van der Waals surface area (Å²) in [6.45, 7) is 12.1. The topological polar surface area (TPSA) is 58.1 Å². The fourth-order valence-electron chi connectivity index (χ4n) is 2.68. The normalized spacial score (nSPS) is 10.8. The molecule has 128 valence electrons. The number of aryl methyl sites for hydroxylation is 1. The smallest absolute Gasteiger partial charge is 0.276 e. The van der Waals surface area contributed by atoms with Crippen molar-refractivity contribution < 1.29 is 4.79 Å². The summed E-state index contributed by atoms with van der Waals surface area (Å²) in [6.07, 6.45) is 0. The summed E-state index contributed by atoms with van der Waals surface area (Å²) in [5, 5.41) is 11.3. The Morgan fingerprint density at radius 1 is 1.12 bits per heavy atom. The molecule has 0 saturated heterocycles. The van der Waals surface area contributed by atoms with Crippen LogP contribution >= 0.6 is 0 Å². The zero-order valence-electron chi connectivity index (χ0n) is 15.1. The third-order valence-electron chi connectivity index (χ3n) is 4.14. The van der Waals surface area contributed by atoms with E-state index < -0.39 is 0 Å². The van der Waals surface area contributed by atoms with Gasteiger partial charge in [0.15, 0.2) is 11.5 Å². The summed E-state index contributed by atoms with van der Waals surface area (Å²) >= 11 is 0. The van der Waals surface area contributed by atoms with Crippen LogP contribution in [0, 0.1) is 6.92 Å². The number of carbonyl (C=O) groups excluding carboxylic acids is 1. The van der Waals surface area contributed by atoms with Gasteiger partial charge < -0.3 is 10.2 Å². The number of benzene rings is 1. The Morgan fingerprint density at radius 2 is 1.83 bits per heavy atom. The summed E-state index contributed by atoms with van der Waals surface area (Å²) in [6, 6.07) is 9.62. The molecule has 0 radical (unpaired) electrons. The van der Waals surface area contributed by atoms with Crippen molar-refractivity contribution in [2.75, 3.05) is 23.3 Å². The summed E-state index contributed by atoms with van der Waals surface area (Å²) in [5.74, 6) is 0.886. The molecule has 1 N–H and O–H groups in total. The maximum Gasteiger partial charge on any atom is 0.276 e. The van der Waals surface area contributed by atoms with Crippen LogP contribution in [0.5, 0.6) is 0 Å². The quantitative estimate of drug-likeness (QED) is 0.871. The molecule has 0 unspecified atom stereocenters. The molecular weight excluding hydrogens is 300 g/mol. The Kier molecular flexibility index (Phi) is 5.90. The first-order valence-corrected chi connectivity index (χ1v) is 8.47. The van der Waals surface area contributed by atoms with Crippen LogP contribution in [0.3, 0.4) is 0 Å². The van der Waals surface area contributed by atoms with Gasteiger partial charge in [-0.15, -0.1) is 10.2 Å². The molecule has 1 heterocycles. The zero-order chi connectivity index (χ0) is 17.7. The lowest BCUT2D eigenvalue weighted by atomic mass is 9.98. The molecule has 0 fully saturated rings. The first-order chi connectivity index (χ1) is 11.5. The van der Waals surface area contributed by atoms with Crippen molar-refractivity contribution in [2.24, 2.45) is 0 Å². The monoisotopic (exact) mass is 326 g/mol. The summed E-state index contributed by atoms with van der Waals surface area (Å²) in [5.41, 5.74) is 3.36. The zero-order valence-corrected chi connectivity index (χ0v) is 15.1. The van der Waals surface area contributed by atoms with Gasteiger partial charge in [-0.05, 0) is 49.9 Å². The number of nitrogens with one attached hydrogen (secondary N) is 1. The molecule has 1 aromatic carbocycles. The number of para-hydroxylation sites is 1. The van der Waals surface area contributed by atoms with E-state index >= 15 is 0 Å². The molecule has 0 aliphatic heterocycles. The van der Waals surface area contributed by atoms with E-state index in [2.05, 4.69) is 48.1 Å². The SMILES string of the molecule is CCN(CC)c1ccc(C(=O)Nc2c(C)cccc2C(C)C)nn1. The highest BCUT2D eigenvalue weighted by atomic mass is 16.1. The Labute approximate surface area is 144 Å². The second-order valence-electron chi connectivity index (χ2n) is 6.10. The van der Waals surface area contributed by atoms with E-state index in [1.807, 2.05) is 31.2 Å². The Balaban J connectivity index is 2.22. The van der Waals surface area contributed by atoms with Crippen molar-refractivity contribution in [3.05, 3.63) is 47.2 Å². The number of nitrogens with zero attached hydrogens (tertiary/aromatic N) is 3. The minimum absolute atomic E-state index is 0.232. The number of carbonyl (C=O) groups is 1. The molecule has 0 aliphatic rings. The van der Waals surface area contributed by atoms with Crippen LogP contribution in [0.1, 0.15) is 55.2 Å². The maximum absolute atomic E-state index is 12.5. The highest BCUT2D eigenvalue weighted by Gasteiger charge is 2.15. The highest BCUT2D eigenvalue weighted by molar-refractivity contribution is 6.03. The van der Waals surface area contributed by atoms with Gasteiger partial charge >= 0.3 is 0 Å². The number of anilines is 2. The standard InChI is InChI=1S/C19H26N4O/c1-6-23(7-2)17-12-11-16(21-22-17)19(24)20-18-14(5)9-8-10-15(18)13(3)4/h8-13H,6-7H2,1-5H3,(H,20,24). The van der Waals surface area contributed by atoms with Gasteiger partial charge in [-0.2, -0.15) is 0 Å². The molecule has 0 aliphatic carbocycles. The summed E-state index contributed by atoms with van der Waals surface area (Å²) in [7, 11) is 0. The lowest BCUT2D eigenvalue weighted by Gasteiger charge is -2.19. The van der Waals surface area contributed by atoms with Crippen LogP contribution in [-0.4, -0.2) is 29.2 Å². The molecule has 0 spiro atoms. The molecule has 2 aromatic rings. The van der Waals surface area contributed by atoms with E-state index in [1.54, 1.807) is 6.07 Å². The second-order valence-corrected chi connectivity index (χ2v) is 6.10. The minimum atomic E-state index is -0.232. The van der Waals surface area contributed by atoms with E-state index in [4.69, 9.17) is 0 Å². The van der Waals surface area contributed by atoms with Crippen LogP contribution in [0.4, 0.5) is 11.5 Å². The fraction of sp³-hybridized carbons (Fsp3) is 0.421. The predicted molar refractivity (Wildman–Crippen MR) is 98.8 cm³/mol. The molecule has 5 nitrogen and oxygen atoms in total. The molecule has 2 rings (SSSR count). The third-order valence-corrected chi connectivity index (χ3v) is 4.14. The number of aromatic nitrogens is 2. The molecule has 0 atom stereocenters. The van der Waals surface area contributed by atoms with E-state index in [0.29, 0.717) is 11.6 Å². The van der Waals surface area contributed by atoms with Crippen molar-refractivity contribution in [1.82, 2.24) is 10.2 Å². The molecular formula is C19H26N4O. The lowest BCUT2D eigenvalue weighted by molar-refractivity contribution is 0.102. The average Bonchev–Trinajstić information content (AvgIpc) is 2.58. The fourth-order valence-corrected chi connectivity index (χ4v) is 2.68. The number of hydrogen-bond donors (Lipinski definition) is 1. The van der Waals surface area contributed by atoms with Gasteiger partial charge in [-0.25, -0.2) is 0 Å². The van der Waals surface area contributed by atoms with Crippen LogP contribution in [0.25, 0.3) is 0 Å². The molecule has 1 amide bonds. The van der Waals surface area contributed by atoms with Crippen LogP contribution in [0.15, 0.2) is 30.3 Å². The predicted octanol–water partition coefficient (Wildman–Crippen LogP) is 4.01. The van der Waals surface area contributed by atoms with Gasteiger partial charge in [-0.3, -0.25) is 4.79 Å². The van der Waals surface area contributed by atoms with Crippen molar-refractivity contribution in [1.29, 1.82) is 0 Å². The number of amides is 1. The summed E-state index contributed by atoms with van der Waals surface area (Å²) in [4.78, 5) is 14.6. The van der Waals surface area contributed by atoms with Gasteiger partial charge in [-0.1, -0.05) is 32.0 Å². The third kappa shape index (κ3) is 3.91.